The first-order valence-electron chi connectivity index (χ1n) is 8.82. The van der Waals surface area contributed by atoms with Gasteiger partial charge >= 0.3 is 0 Å². The van der Waals surface area contributed by atoms with Gasteiger partial charge in [0.25, 0.3) is 0 Å². The summed E-state index contributed by atoms with van der Waals surface area (Å²) >= 11 is 0. The molecule has 0 saturated carbocycles. The molecule has 0 spiro atoms. The molecule has 0 radical (unpaired) electrons. The van der Waals surface area contributed by atoms with E-state index in [1.54, 1.807) is 7.11 Å². The highest BCUT2D eigenvalue weighted by Crippen LogP contribution is 2.33. The van der Waals surface area contributed by atoms with Crippen molar-refractivity contribution in [3.8, 4) is 0 Å². The molecule has 1 atom stereocenters. The SMILES string of the molecule is COC1CCCN1c1cc(C)nc2cc(NC(=O)C(C)(C)C)ccc12. The van der Waals surface area contributed by atoms with E-state index in [0.29, 0.717) is 0 Å². The van der Waals surface area contributed by atoms with Crippen molar-refractivity contribution in [2.24, 2.45) is 5.41 Å². The van der Waals surface area contributed by atoms with Crippen molar-refractivity contribution in [3.05, 3.63) is 30.0 Å². The predicted molar refractivity (Wildman–Crippen MR) is 102 cm³/mol. The highest BCUT2D eigenvalue weighted by atomic mass is 16.5. The number of pyridine rings is 1. The number of fused-ring (bicyclic) bond motifs is 1. The molecule has 5 nitrogen and oxygen atoms in total. The number of aromatic nitrogens is 1. The number of amides is 1. The normalized spacial score (nSPS) is 18.0. The molecule has 2 heterocycles. The number of ether oxygens (including phenoxy) is 1. The molecular weight excluding hydrogens is 314 g/mol. The van der Waals surface area contributed by atoms with E-state index in [-0.39, 0.29) is 12.1 Å². The number of methoxy groups -OCH3 is 1. The number of aryl methyl sites for hydroxylation is 1. The van der Waals surface area contributed by atoms with Gasteiger partial charge in [-0.25, -0.2) is 0 Å². The Hall–Kier alpha value is -2.14. The van der Waals surface area contributed by atoms with Gasteiger partial charge < -0.3 is 15.0 Å². The molecule has 1 aliphatic rings. The molecule has 1 aromatic heterocycles. The van der Waals surface area contributed by atoms with Gasteiger partial charge in [0.15, 0.2) is 0 Å². The first-order valence-corrected chi connectivity index (χ1v) is 8.82. The Morgan fingerprint density at radius 2 is 2.08 bits per heavy atom. The van der Waals surface area contributed by atoms with Crippen molar-refractivity contribution in [3.63, 3.8) is 0 Å². The monoisotopic (exact) mass is 341 g/mol. The number of hydrogen-bond acceptors (Lipinski definition) is 4. The molecule has 25 heavy (non-hydrogen) atoms. The van der Waals surface area contributed by atoms with Gasteiger partial charge in [-0.15, -0.1) is 0 Å². The minimum Gasteiger partial charge on any atom is -0.362 e. The van der Waals surface area contributed by atoms with Crippen LogP contribution in [0.5, 0.6) is 0 Å². The highest BCUT2D eigenvalue weighted by molar-refractivity contribution is 5.99. The largest absolute Gasteiger partial charge is 0.362 e. The molecule has 0 bridgehead atoms. The Balaban J connectivity index is 2.00. The van der Waals surface area contributed by atoms with E-state index in [1.807, 2.05) is 45.9 Å². The molecule has 3 rings (SSSR count). The molecule has 1 unspecified atom stereocenters. The van der Waals surface area contributed by atoms with Crippen molar-refractivity contribution in [1.29, 1.82) is 0 Å². The average molecular weight is 341 g/mol. The van der Waals surface area contributed by atoms with Crippen LogP contribution in [0, 0.1) is 12.3 Å². The molecule has 5 heteroatoms. The van der Waals surface area contributed by atoms with Crippen molar-refractivity contribution >= 4 is 28.2 Å². The van der Waals surface area contributed by atoms with E-state index in [2.05, 4.69) is 21.3 Å². The minimum atomic E-state index is -0.429. The smallest absolute Gasteiger partial charge is 0.229 e. The third kappa shape index (κ3) is 3.61. The summed E-state index contributed by atoms with van der Waals surface area (Å²) in [4.78, 5) is 19.2. The Morgan fingerprint density at radius 3 is 2.76 bits per heavy atom. The second-order valence-corrected chi connectivity index (χ2v) is 7.74. The number of anilines is 2. The van der Waals surface area contributed by atoms with Crippen molar-refractivity contribution in [2.75, 3.05) is 23.9 Å². The van der Waals surface area contributed by atoms with Gasteiger partial charge in [0.05, 0.1) is 5.52 Å². The van der Waals surface area contributed by atoms with Gasteiger partial charge in [-0.2, -0.15) is 0 Å². The van der Waals surface area contributed by atoms with Gasteiger partial charge in [-0.1, -0.05) is 20.8 Å². The average Bonchev–Trinajstić information content (AvgIpc) is 3.01. The van der Waals surface area contributed by atoms with Gasteiger partial charge in [0.2, 0.25) is 5.91 Å². The predicted octanol–water partition coefficient (Wildman–Crippen LogP) is 4.10. The van der Waals surface area contributed by atoms with Gasteiger partial charge in [-0.3, -0.25) is 9.78 Å². The van der Waals surface area contributed by atoms with E-state index in [0.717, 1.165) is 47.4 Å². The summed E-state index contributed by atoms with van der Waals surface area (Å²) < 4.78 is 5.63. The van der Waals surface area contributed by atoms with E-state index >= 15 is 0 Å². The lowest BCUT2D eigenvalue weighted by atomic mass is 9.95. The maximum atomic E-state index is 12.2. The molecule has 0 aliphatic carbocycles. The second-order valence-electron chi connectivity index (χ2n) is 7.74. The van der Waals surface area contributed by atoms with Crippen LogP contribution in [0.3, 0.4) is 0 Å². The Bertz CT molecular complexity index is 795. The van der Waals surface area contributed by atoms with Crippen molar-refractivity contribution in [1.82, 2.24) is 4.98 Å². The van der Waals surface area contributed by atoms with Crippen LogP contribution in [0.25, 0.3) is 10.9 Å². The maximum absolute atomic E-state index is 12.2. The first kappa shape index (κ1) is 17.7. The minimum absolute atomic E-state index is 0.00119. The van der Waals surface area contributed by atoms with Crippen LogP contribution in [0.2, 0.25) is 0 Å². The lowest BCUT2D eigenvalue weighted by Crippen LogP contribution is -2.30. The zero-order chi connectivity index (χ0) is 18.2. The fourth-order valence-corrected chi connectivity index (χ4v) is 3.23. The van der Waals surface area contributed by atoms with Crippen molar-refractivity contribution in [2.45, 2.75) is 46.8 Å². The van der Waals surface area contributed by atoms with Crippen LogP contribution < -0.4 is 10.2 Å². The van der Waals surface area contributed by atoms with E-state index in [9.17, 15) is 4.79 Å². The summed E-state index contributed by atoms with van der Waals surface area (Å²) in [6.45, 7) is 8.70. The topological polar surface area (TPSA) is 54.5 Å². The van der Waals surface area contributed by atoms with E-state index in [1.165, 1.54) is 0 Å². The van der Waals surface area contributed by atoms with Crippen LogP contribution in [-0.2, 0) is 9.53 Å². The fourth-order valence-electron chi connectivity index (χ4n) is 3.23. The molecule has 1 N–H and O–H groups in total. The number of nitrogens with one attached hydrogen (secondary N) is 1. The summed E-state index contributed by atoms with van der Waals surface area (Å²) in [5.74, 6) is -0.00119. The number of rotatable bonds is 3. The molecule has 1 aliphatic heterocycles. The summed E-state index contributed by atoms with van der Waals surface area (Å²) in [6.07, 6.45) is 2.28. The summed E-state index contributed by atoms with van der Waals surface area (Å²) in [7, 11) is 1.76. The molecule has 1 amide bonds. The van der Waals surface area contributed by atoms with Crippen LogP contribution in [0.15, 0.2) is 24.3 Å². The van der Waals surface area contributed by atoms with Gasteiger partial charge in [-0.05, 0) is 44.0 Å². The fraction of sp³-hybridized carbons (Fsp3) is 0.500. The Morgan fingerprint density at radius 1 is 1.32 bits per heavy atom. The standard InChI is InChI=1S/C20H27N3O2/c1-13-11-17(23-10-6-7-18(23)25-5)15-9-8-14(12-16(15)21-13)22-19(24)20(2,3)4/h8-9,11-12,18H,6-7,10H2,1-5H3,(H,22,24). The number of benzene rings is 1. The van der Waals surface area contributed by atoms with Crippen LogP contribution >= 0.6 is 0 Å². The van der Waals surface area contributed by atoms with Gasteiger partial charge in [0, 0.05) is 41.5 Å². The molecule has 134 valence electrons. The third-order valence-electron chi connectivity index (χ3n) is 4.63. The Kier molecular flexibility index (Phi) is 4.69. The lowest BCUT2D eigenvalue weighted by Gasteiger charge is -2.27. The number of carbonyl (C=O) groups excluding carboxylic acids is 1. The van der Waals surface area contributed by atoms with E-state index in [4.69, 9.17) is 4.74 Å². The molecule has 1 saturated heterocycles. The second kappa shape index (κ2) is 6.64. The highest BCUT2D eigenvalue weighted by Gasteiger charge is 2.26. The quantitative estimate of drug-likeness (QED) is 0.913. The summed E-state index contributed by atoms with van der Waals surface area (Å²) in [5.41, 5.74) is 3.36. The summed E-state index contributed by atoms with van der Waals surface area (Å²) in [6, 6.07) is 8.06. The molecular formula is C20H27N3O2. The van der Waals surface area contributed by atoms with Crippen LogP contribution in [-0.4, -0.2) is 30.8 Å². The number of hydrogen-bond donors (Lipinski definition) is 1. The molecule has 1 fully saturated rings. The van der Waals surface area contributed by atoms with Gasteiger partial charge in [0.1, 0.15) is 6.23 Å². The number of carbonyl (C=O) groups is 1. The molecule has 2 aromatic rings. The number of nitrogens with zero attached hydrogens (tertiary/aromatic N) is 2. The first-order chi connectivity index (χ1) is 11.8. The Labute approximate surface area is 149 Å². The lowest BCUT2D eigenvalue weighted by molar-refractivity contribution is -0.123. The van der Waals surface area contributed by atoms with Crippen LogP contribution in [0.1, 0.15) is 39.3 Å². The van der Waals surface area contributed by atoms with E-state index < -0.39 is 5.41 Å². The summed E-state index contributed by atoms with van der Waals surface area (Å²) in [5, 5.41) is 4.07. The van der Waals surface area contributed by atoms with Crippen LogP contribution in [0.4, 0.5) is 11.4 Å². The zero-order valence-corrected chi connectivity index (χ0v) is 15.7. The molecule has 1 aromatic carbocycles. The van der Waals surface area contributed by atoms with Crippen molar-refractivity contribution < 1.29 is 9.53 Å². The third-order valence-corrected chi connectivity index (χ3v) is 4.63. The maximum Gasteiger partial charge on any atom is 0.229 e. The zero-order valence-electron chi connectivity index (χ0n) is 15.7.